The number of H-pyrrole nitrogens is 1. The van der Waals surface area contributed by atoms with E-state index in [1.54, 1.807) is 6.07 Å². The van der Waals surface area contributed by atoms with Gasteiger partial charge in [0.1, 0.15) is 23.1 Å². The van der Waals surface area contributed by atoms with E-state index in [4.69, 9.17) is 10.5 Å². The van der Waals surface area contributed by atoms with Crippen LogP contribution < -0.4 is 10.5 Å². The van der Waals surface area contributed by atoms with Crippen LogP contribution in [0.1, 0.15) is 29.3 Å². The normalized spacial score (nSPS) is 11.0. The van der Waals surface area contributed by atoms with Crippen molar-refractivity contribution in [2.45, 2.75) is 33.8 Å². The number of thiazole rings is 1. The number of benzene rings is 2. The van der Waals surface area contributed by atoms with Gasteiger partial charge in [0.05, 0.1) is 11.3 Å². The van der Waals surface area contributed by atoms with E-state index in [2.05, 4.69) is 41.2 Å². The van der Waals surface area contributed by atoms with Crippen molar-refractivity contribution in [2.24, 2.45) is 0 Å². The summed E-state index contributed by atoms with van der Waals surface area (Å²) < 4.78 is 6.04. The number of anilines is 1. The maximum atomic E-state index is 10.8. The van der Waals surface area contributed by atoms with Gasteiger partial charge in [0.2, 0.25) is 0 Å². The standard InChI is InChI=1S/C23H24N4O2S/c1-4-16-9-17(21-20(22(24)27-26-21)23-25-14(3)12-30-23)18(28)10-19(16)29-11-15-7-5-6-13(2)8-15/h5-10,12,28H,4,11H2,1-3H3,(H3,24,26,27). The summed E-state index contributed by atoms with van der Waals surface area (Å²) in [6.07, 6.45) is 0.756. The van der Waals surface area contributed by atoms with Crippen LogP contribution in [-0.4, -0.2) is 20.3 Å². The first-order chi connectivity index (χ1) is 14.5. The van der Waals surface area contributed by atoms with Crippen LogP contribution in [0.25, 0.3) is 21.8 Å². The first-order valence-electron chi connectivity index (χ1n) is 9.77. The van der Waals surface area contributed by atoms with Gasteiger partial charge in [-0.15, -0.1) is 11.3 Å². The lowest BCUT2D eigenvalue weighted by molar-refractivity contribution is 0.301. The predicted octanol–water partition coefficient (Wildman–Crippen LogP) is 5.25. The summed E-state index contributed by atoms with van der Waals surface area (Å²) in [4.78, 5) is 4.53. The van der Waals surface area contributed by atoms with E-state index in [0.29, 0.717) is 35.0 Å². The highest BCUT2D eigenvalue weighted by Crippen LogP contribution is 2.42. The topological polar surface area (TPSA) is 97.1 Å². The molecule has 6 nitrogen and oxygen atoms in total. The van der Waals surface area contributed by atoms with Gasteiger partial charge in [-0.2, -0.15) is 5.10 Å². The van der Waals surface area contributed by atoms with Crippen molar-refractivity contribution < 1.29 is 9.84 Å². The number of aromatic amines is 1. The molecule has 2 aromatic heterocycles. The van der Waals surface area contributed by atoms with Crippen molar-refractivity contribution in [3.63, 3.8) is 0 Å². The lowest BCUT2D eigenvalue weighted by Crippen LogP contribution is -1.99. The number of hydrogen-bond acceptors (Lipinski definition) is 6. The summed E-state index contributed by atoms with van der Waals surface area (Å²) >= 11 is 1.50. The number of phenolic OH excluding ortho intramolecular Hbond substituents is 1. The fourth-order valence-electron chi connectivity index (χ4n) is 3.42. The van der Waals surface area contributed by atoms with E-state index in [9.17, 15) is 5.11 Å². The zero-order valence-corrected chi connectivity index (χ0v) is 18.0. The Bertz CT molecular complexity index is 1200. The number of ether oxygens (including phenoxy) is 1. The molecule has 4 aromatic rings. The number of aryl methyl sites for hydroxylation is 3. The van der Waals surface area contributed by atoms with Gasteiger partial charge in [-0.3, -0.25) is 5.10 Å². The Hall–Kier alpha value is -3.32. The highest BCUT2D eigenvalue weighted by Gasteiger charge is 2.21. The molecule has 0 unspecified atom stereocenters. The van der Waals surface area contributed by atoms with Gasteiger partial charge in [-0.25, -0.2) is 4.98 Å². The van der Waals surface area contributed by atoms with Crippen molar-refractivity contribution in [2.75, 3.05) is 5.73 Å². The molecule has 0 spiro atoms. The number of hydrogen-bond donors (Lipinski definition) is 3. The molecule has 2 aromatic carbocycles. The summed E-state index contributed by atoms with van der Waals surface area (Å²) in [6.45, 7) is 6.48. The summed E-state index contributed by atoms with van der Waals surface area (Å²) in [6, 6.07) is 11.8. The Morgan fingerprint density at radius 2 is 2.03 bits per heavy atom. The van der Waals surface area contributed by atoms with Crippen LogP contribution >= 0.6 is 11.3 Å². The third-order valence-corrected chi connectivity index (χ3v) is 5.91. The zero-order valence-electron chi connectivity index (χ0n) is 17.2. The third kappa shape index (κ3) is 3.89. The average molecular weight is 421 g/mol. The van der Waals surface area contributed by atoms with E-state index in [-0.39, 0.29) is 5.75 Å². The fourth-order valence-corrected chi connectivity index (χ4v) is 4.28. The van der Waals surface area contributed by atoms with Crippen LogP contribution in [0.4, 0.5) is 5.82 Å². The van der Waals surface area contributed by atoms with E-state index in [1.807, 2.05) is 30.5 Å². The van der Waals surface area contributed by atoms with Crippen LogP contribution in [0.15, 0.2) is 41.8 Å². The average Bonchev–Trinajstić information content (AvgIpc) is 3.31. The SMILES string of the molecule is CCc1cc(-c2[nH]nc(N)c2-c2nc(C)cs2)c(O)cc1OCc1cccc(C)c1. The molecule has 154 valence electrons. The number of nitrogens with zero attached hydrogens (tertiary/aromatic N) is 2. The molecular weight excluding hydrogens is 396 g/mol. The maximum Gasteiger partial charge on any atom is 0.156 e. The van der Waals surface area contributed by atoms with Gasteiger partial charge < -0.3 is 15.6 Å². The van der Waals surface area contributed by atoms with Crippen molar-refractivity contribution in [1.29, 1.82) is 0 Å². The maximum absolute atomic E-state index is 10.8. The molecule has 0 saturated carbocycles. The highest BCUT2D eigenvalue weighted by atomic mass is 32.1. The van der Waals surface area contributed by atoms with Crippen LogP contribution in [-0.2, 0) is 13.0 Å². The number of rotatable bonds is 6. The molecule has 0 bridgehead atoms. The summed E-state index contributed by atoms with van der Waals surface area (Å²) in [5.74, 6) is 1.13. The molecule has 7 heteroatoms. The molecule has 0 aliphatic carbocycles. The molecule has 0 aliphatic heterocycles. The lowest BCUT2D eigenvalue weighted by Gasteiger charge is -2.14. The molecule has 0 atom stereocenters. The van der Waals surface area contributed by atoms with Crippen LogP contribution in [0.3, 0.4) is 0 Å². The Labute approximate surface area is 179 Å². The summed E-state index contributed by atoms with van der Waals surface area (Å²) in [7, 11) is 0. The number of nitrogens with one attached hydrogen (secondary N) is 1. The quantitative estimate of drug-likeness (QED) is 0.396. The molecule has 2 heterocycles. The number of nitrogen functional groups attached to an aromatic ring is 1. The Kier molecular flexibility index (Phi) is 5.46. The predicted molar refractivity (Wildman–Crippen MR) is 121 cm³/mol. The van der Waals surface area contributed by atoms with Crippen molar-refractivity contribution in [3.05, 3.63) is 64.2 Å². The Morgan fingerprint density at radius 3 is 2.73 bits per heavy atom. The minimum atomic E-state index is 0.102. The Balaban J connectivity index is 1.70. The van der Waals surface area contributed by atoms with Crippen LogP contribution in [0.5, 0.6) is 11.5 Å². The smallest absolute Gasteiger partial charge is 0.156 e. The fraction of sp³-hybridized carbons (Fsp3) is 0.217. The monoisotopic (exact) mass is 420 g/mol. The molecular formula is C23H24N4O2S. The Morgan fingerprint density at radius 1 is 1.20 bits per heavy atom. The molecule has 0 amide bonds. The van der Waals surface area contributed by atoms with Crippen molar-refractivity contribution in [1.82, 2.24) is 15.2 Å². The summed E-state index contributed by atoms with van der Waals surface area (Å²) in [5.41, 5.74) is 12.3. The van der Waals surface area contributed by atoms with Crippen molar-refractivity contribution in [3.8, 4) is 33.3 Å². The van der Waals surface area contributed by atoms with Crippen molar-refractivity contribution >= 4 is 17.2 Å². The lowest BCUT2D eigenvalue weighted by atomic mass is 10.0. The summed E-state index contributed by atoms with van der Waals surface area (Å²) in [5, 5.41) is 20.7. The van der Waals surface area contributed by atoms with Gasteiger partial charge in [0.25, 0.3) is 0 Å². The second kappa shape index (κ2) is 8.20. The third-order valence-electron chi connectivity index (χ3n) is 4.93. The van der Waals surface area contributed by atoms with E-state index in [0.717, 1.165) is 28.2 Å². The molecule has 4 N–H and O–H groups in total. The minimum absolute atomic E-state index is 0.102. The molecule has 30 heavy (non-hydrogen) atoms. The van der Waals surface area contributed by atoms with Gasteiger partial charge in [0.15, 0.2) is 5.82 Å². The van der Waals surface area contributed by atoms with E-state index < -0.39 is 0 Å². The molecule has 0 aliphatic rings. The second-order valence-corrected chi connectivity index (χ2v) is 8.12. The van der Waals surface area contributed by atoms with Gasteiger partial charge in [0, 0.05) is 22.7 Å². The van der Waals surface area contributed by atoms with Crippen LogP contribution in [0.2, 0.25) is 0 Å². The molecule has 0 radical (unpaired) electrons. The van der Waals surface area contributed by atoms with Gasteiger partial charge in [-0.05, 0) is 37.5 Å². The van der Waals surface area contributed by atoms with E-state index in [1.165, 1.54) is 16.9 Å². The second-order valence-electron chi connectivity index (χ2n) is 7.26. The highest BCUT2D eigenvalue weighted by molar-refractivity contribution is 7.13. The number of phenols is 1. The number of nitrogens with two attached hydrogens (primary N) is 1. The van der Waals surface area contributed by atoms with Crippen LogP contribution in [0, 0.1) is 13.8 Å². The van der Waals surface area contributed by atoms with E-state index >= 15 is 0 Å². The van der Waals surface area contributed by atoms with Gasteiger partial charge >= 0.3 is 0 Å². The largest absolute Gasteiger partial charge is 0.507 e. The molecule has 0 fully saturated rings. The number of aromatic nitrogens is 3. The first kappa shape index (κ1) is 20.0. The molecule has 0 saturated heterocycles. The first-order valence-corrected chi connectivity index (χ1v) is 10.6. The molecule has 4 rings (SSSR count). The minimum Gasteiger partial charge on any atom is -0.507 e. The van der Waals surface area contributed by atoms with Gasteiger partial charge in [-0.1, -0.05) is 36.8 Å². The number of aromatic hydroxyl groups is 1. The zero-order chi connectivity index (χ0) is 21.3.